The van der Waals surface area contributed by atoms with E-state index >= 15 is 0 Å². The Morgan fingerprint density at radius 2 is 2.20 bits per heavy atom. The van der Waals surface area contributed by atoms with Gasteiger partial charge in [-0.25, -0.2) is 0 Å². The molecule has 116 valence electrons. The van der Waals surface area contributed by atoms with E-state index < -0.39 is 18.6 Å². The minimum absolute atomic E-state index is 0.0737. The molecule has 1 atom stereocenters. The second kappa shape index (κ2) is 7.85. The van der Waals surface area contributed by atoms with Gasteiger partial charge >= 0.3 is 6.18 Å². The molecule has 1 N–H and O–H groups in total. The number of ether oxygens (including phenoxy) is 1. The summed E-state index contributed by atoms with van der Waals surface area (Å²) in [6.45, 7) is 3.26. The molecular weight excluding hydrogens is 295 g/mol. The number of rotatable bonds is 8. The second-order valence-corrected chi connectivity index (χ2v) is 4.77. The van der Waals surface area contributed by atoms with E-state index in [1.807, 2.05) is 6.92 Å². The molecule has 0 aliphatic carbocycles. The summed E-state index contributed by atoms with van der Waals surface area (Å²) in [5.74, 6) is 0. The van der Waals surface area contributed by atoms with E-state index in [0.29, 0.717) is 30.4 Å². The van der Waals surface area contributed by atoms with E-state index in [2.05, 4.69) is 10.4 Å². The van der Waals surface area contributed by atoms with Crippen molar-refractivity contribution in [3.8, 4) is 0 Å². The van der Waals surface area contributed by atoms with E-state index in [9.17, 15) is 13.2 Å². The zero-order valence-electron chi connectivity index (χ0n) is 11.5. The van der Waals surface area contributed by atoms with Gasteiger partial charge in [-0.1, -0.05) is 18.5 Å². The van der Waals surface area contributed by atoms with Gasteiger partial charge in [0, 0.05) is 13.5 Å². The lowest BCUT2D eigenvalue weighted by molar-refractivity contribution is -0.136. The van der Waals surface area contributed by atoms with Crippen LogP contribution in [0.4, 0.5) is 13.2 Å². The van der Waals surface area contributed by atoms with Crippen molar-refractivity contribution in [2.45, 2.75) is 38.5 Å². The van der Waals surface area contributed by atoms with Crippen molar-refractivity contribution in [3.63, 3.8) is 0 Å². The van der Waals surface area contributed by atoms with Crippen molar-refractivity contribution < 1.29 is 17.9 Å². The summed E-state index contributed by atoms with van der Waals surface area (Å²) >= 11 is 6.06. The summed E-state index contributed by atoms with van der Waals surface area (Å²) in [6.07, 6.45) is -3.67. The number of halogens is 4. The highest BCUT2D eigenvalue weighted by molar-refractivity contribution is 6.31. The van der Waals surface area contributed by atoms with Crippen LogP contribution in [0, 0.1) is 0 Å². The Bertz CT molecular complexity index is 409. The summed E-state index contributed by atoms with van der Waals surface area (Å²) in [5.41, 5.74) is 0.579. The van der Waals surface area contributed by atoms with Crippen LogP contribution in [0.2, 0.25) is 5.02 Å². The number of hydrogen-bond acceptors (Lipinski definition) is 3. The maximum absolute atomic E-state index is 12.4. The number of methoxy groups -OCH3 is 1. The largest absolute Gasteiger partial charge is 0.389 e. The van der Waals surface area contributed by atoms with Crippen LogP contribution in [0.5, 0.6) is 0 Å². The standard InChI is InChI=1S/C12H19ClF3N3O/c1-3-17-10(4-5-12(14,15)16)11-9(13)8-18-19(11)6-7-20-2/h8,10,17H,3-7H2,1-2H3. The number of nitrogens with one attached hydrogen (secondary N) is 1. The first kappa shape index (κ1) is 17.3. The second-order valence-electron chi connectivity index (χ2n) is 4.36. The lowest BCUT2D eigenvalue weighted by atomic mass is 10.1. The summed E-state index contributed by atoms with van der Waals surface area (Å²) in [6, 6.07) is -0.478. The normalized spacial score (nSPS) is 13.7. The molecule has 0 aromatic carbocycles. The van der Waals surface area contributed by atoms with Crippen molar-refractivity contribution in [3.05, 3.63) is 16.9 Å². The summed E-state index contributed by atoms with van der Waals surface area (Å²) in [5, 5.41) is 7.48. The van der Waals surface area contributed by atoms with Gasteiger partial charge in [-0.05, 0) is 13.0 Å². The summed E-state index contributed by atoms with van der Waals surface area (Å²) in [7, 11) is 1.55. The van der Waals surface area contributed by atoms with Gasteiger partial charge in [0.15, 0.2) is 0 Å². The molecule has 1 unspecified atom stereocenters. The van der Waals surface area contributed by atoms with E-state index in [1.54, 1.807) is 11.8 Å². The molecule has 1 heterocycles. The van der Waals surface area contributed by atoms with Crippen LogP contribution in [-0.4, -0.2) is 36.2 Å². The Morgan fingerprint density at radius 1 is 1.50 bits per heavy atom. The molecule has 0 aliphatic rings. The predicted octanol–water partition coefficient (Wildman–Crippen LogP) is 3.18. The smallest absolute Gasteiger partial charge is 0.383 e. The van der Waals surface area contributed by atoms with Crippen molar-refractivity contribution in [2.24, 2.45) is 0 Å². The first-order valence-corrected chi connectivity index (χ1v) is 6.77. The molecule has 1 aromatic rings. The van der Waals surface area contributed by atoms with Crippen molar-refractivity contribution in [2.75, 3.05) is 20.3 Å². The predicted molar refractivity (Wildman–Crippen MR) is 70.8 cm³/mol. The lowest BCUT2D eigenvalue weighted by Crippen LogP contribution is -2.26. The molecule has 0 fully saturated rings. The van der Waals surface area contributed by atoms with Gasteiger partial charge in [0.05, 0.1) is 36.1 Å². The monoisotopic (exact) mass is 313 g/mol. The average molecular weight is 314 g/mol. The lowest BCUT2D eigenvalue weighted by Gasteiger charge is -2.20. The minimum atomic E-state index is -4.18. The molecule has 0 saturated carbocycles. The maximum Gasteiger partial charge on any atom is 0.389 e. The Morgan fingerprint density at radius 3 is 2.75 bits per heavy atom. The van der Waals surface area contributed by atoms with E-state index in [0.717, 1.165) is 0 Å². The number of alkyl halides is 3. The number of nitrogens with zero attached hydrogens (tertiary/aromatic N) is 2. The highest BCUT2D eigenvalue weighted by Crippen LogP contribution is 2.30. The highest BCUT2D eigenvalue weighted by atomic mass is 35.5. The van der Waals surface area contributed by atoms with E-state index in [4.69, 9.17) is 16.3 Å². The molecule has 1 rings (SSSR count). The van der Waals surface area contributed by atoms with Crippen LogP contribution in [-0.2, 0) is 11.3 Å². The third kappa shape index (κ3) is 5.30. The first-order valence-electron chi connectivity index (χ1n) is 6.39. The average Bonchev–Trinajstić information content (AvgIpc) is 2.72. The van der Waals surface area contributed by atoms with Gasteiger partial charge in [-0.15, -0.1) is 0 Å². The topological polar surface area (TPSA) is 39.1 Å². The molecule has 20 heavy (non-hydrogen) atoms. The van der Waals surface area contributed by atoms with E-state index in [1.165, 1.54) is 6.20 Å². The van der Waals surface area contributed by atoms with Crippen LogP contribution in [0.25, 0.3) is 0 Å². The quantitative estimate of drug-likeness (QED) is 0.801. The minimum Gasteiger partial charge on any atom is -0.383 e. The molecule has 0 amide bonds. The number of aromatic nitrogens is 2. The van der Waals surface area contributed by atoms with Gasteiger partial charge < -0.3 is 10.1 Å². The molecule has 0 bridgehead atoms. The SMILES string of the molecule is CCNC(CCC(F)(F)F)c1c(Cl)cnn1CCOC. The fourth-order valence-corrected chi connectivity index (χ4v) is 2.24. The van der Waals surface area contributed by atoms with Crippen LogP contribution in [0.3, 0.4) is 0 Å². The Hall–Kier alpha value is -0.790. The molecule has 1 aromatic heterocycles. The maximum atomic E-state index is 12.4. The van der Waals surface area contributed by atoms with E-state index in [-0.39, 0.29) is 6.42 Å². The van der Waals surface area contributed by atoms with Gasteiger partial charge in [-0.2, -0.15) is 18.3 Å². The molecule has 4 nitrogen and oxygen atoms in total. The fraction of sp³-hybridized carbons (Fsp3) is 0.750. The fourth-order valence-electron chi connectivity index (χ4n) is 1.96. The summed E-state index contributed by atoms with van der Waals surface area (Å²) < 4.78 is 43.7. The van der Waals surface area contributed by atoms with Crippen molar-refractivity contribution >= 4 is 11.6 Å². The van der Waals surface area contributed by atoms with Crippen LogP contribution >= 0.6 is 11.6 Å². The molecule has 8 heteroatoms. The van der Waals surface area contributed by atoms with Gasteiger partial charge in [0.2, 0.25) is 0 Å². The Labute approximate surface area is 121 Å². The van der Waals surface area contributed by atoms with Crippen LogP contribution < -0.4 is 5.32 Å². The highest BCUT2D eigenvalue weighted by Gasteiger charge is 2.30. The Kier molecular flexibility index (Phi) is 6.78. The molecule has 0 aliphatic heterocycles. The van der Waals surface area contributed by atoms with Gasteiger partial charge in [0.1, 0.15) is 0 Å². The van der Waals surface area contributed by atoms with Crippen molar-refractivity contribution in [1.29, 1.82) is 0 Å². The van der Waals surface area contributed by atoms with Crippen LogP contribution in [0.15, 0.2) is 6.20 Å². The summed E-state index contributed by atoms with van der Waals surface area (Å²) in [4.78, 5) is 0. The molecular formula is C12H19ClF3N3O. The molecule has 0 saturated heterocycles. The Balaban J connectivity index is 2.86. The zero-order chi connectivity index (χ0) is 15.2. The van der Waals surface area contributed by atoms with Gasteiger partial charge in [-0.3, -0.25) is 4.68 Å². The first-order chi connectivity index (χ1) is 9.39. The number of hydrogen-bond donors (Lipinski definition) is 1. The van der Waals surface area contributed by atoms with Gasteiger partial charge in [0.25, 0.3) is 0 Å². The zero-order valence-corrected chi connectivity index (χ0v) is 12.3. The molecule has 0 spiro atoms. The van der Waals surface area contributed by atoms with Crippen LogP contribution in [0.1, 0.15) is 31.5 Å². The molecule has 0 radical (unpaired) electrons. The van der Waals surface area contributed by atoms with Crippen molar-refractivity contribution in [1.82, 2.24) is 15.1 Å². The third-order valence-electron chi connectivity index (χ3n) is 2.84. The third-order valence-corrected chi connectivity index (χ3v) is 3.13.